The summed E-state index contributed by atoms with van der Waals surface area (Å²) in [6.45, 7) is 10.1. The molecule has 0 aliphatic rings. The predicted octanol–water partition coefficient (Wildman–Crippen LogP) is 4.34. The second-order valence-electron chi connectivity index (χ2n) is 10.5. The maximum absolute atomic E-state index is 13.3. The van der Waals surface area contributed by atoms with Crippen molar-refractivity contribution in [2.45, 2.75) is 32.1 Å². The Bertz CT molecular complexity index is 1820. The van der Waals surface area contributed by atoms with E-state index in [1.807, 2.05) is 25.1 Å². The first-order valence-electron chi connectivity index (χ1n) is 14.7. The lowest BCUT2D eigenvalue weighted by Gasteiger charge is -2.18. The Morgan fingerprint density at radius 2 is 1.69 bits per heavy atom. The molecule has 0 aliphatic heterocycles. The summed E-state index contributed by atoms with van der Waals surface area (Å²) in [7, 11) is -1.39. The van der Waals surface area contributed by atoms with Crippen LogP contribution in [0.3, 0.4) is 0 Å². The molecule has 0 bridgehead atoms. The molecule has 4 rings (SSSR count). The van der Waals surface area contributed by atoms with Gasteiger partial charge >= 0.3 is 0 Å². The molecule has 3 N–H and O–H groups in total. The van der Waals surface area contributed by atoms with E-state index in [2.05, 4.69) is 61.9 Å². The Labute approximate surface area is 265 Å². The lowest BCUT2D eigenvalue weighted by atomic mass is 10.1. The molecule has 4 aromatic rings. The van der Waals surface area contributed by atoms with Gasteiger partial charge in [0.1, 0.15) is 5.69 Å². The van der Waals surface area contributed by atoms with E-state index in [4.69, 9.17) is 0 Å². The Morgan fingerprint density at radius 3 is 2.38 bits per heavy atom. The van der Waals surface area contributed by atoms with Crippen molar-refractivity contribution in [2.75, 3.05) is 36.8 Å². The number of aryl methyl sites for hydroxylation is 2. The molecule has 0 radical (unpaired) electrons. The maximum Gasteiger partial charge on any atom is 0.273 e. The van der Waals surface area contributed by atoms with Crippen LogP contribution in [0.5, 0.6) is 0 Å². The summed E-state index contributed by atoms with van der Waals surface area (Å²) >= 11 is 0. The zero-order valence-electron chi connectivity index (χ0n) is 26.1. The molecule has 45 heavy (non-hydrogen) atoms. The number of hydrogen-bond acceptors (Lipinski definition) is 7. The number of carbonyl (C=O) groups excluding carboxylic acids is 2. The fourth-order valence-corrected chi connectivity index (χ4v) is 5.72. The Hall–Kier alpha value is -4.92. The van der Waals surface area contributed by atoms with Crippen molar-refractivity contribution in [3.05, 3.63) is 101 Å². The molecule has 0 aliphatic carbocycles. The third-order valence-corrected chi connectivity index (χ3v) is 8.62. The summed E-state index contributed by atoms with van der Waals surface area (Å²) in [4.78, 5) is 32.6. The second kappa shape index (κ2) is 15.2. The molecule has 234 valence electrons. The van der Waals surface area contributed by atoms with Crippen molar-refractivity contribution in [3.8, 4) is 11.8 Å². The highest BCUT2D eigenvalue weighted by Gasteiger charge is 2.15. The number of aromatic nitrogens is 3. The quantitative estimate of drug-likeness (QED) is 0.122. The largest absolute Gasteiger partial charge is 0.385 e. The van der Waals surface area contributed by atoms with Crippen LogP contribution in [-0.2, 0) is 16.8 Å². The SMILES string of the molecule is C=S(=O)(NC(=O)c1cncc(C#Cc2cccc(NC(=O)c3cc(C)nn3C)c2)c1)c1ccc(NCCCN(CC)CC)cc1. The molecule has 0 saturated carbocycles. The lowest BCUT2D eigenvalue weighted by molar-refractivity contribution is 0.0980. The van der Waals surface area contributed by atoms with E-state index >= 15 is 0 Å². The van der Waals surface area contributed by atoms with Crippen LogP contribution < -0.4 is 15.4 Å². The third-order valence-electron chi connectivity index (χ3n) is 7.07. The van der Waals surface area contributed by atoms with Crippen LogP contribution in [-0.4, -0.2) is 67.7 Å². The predicted molar refractivity (Wildman–Crippen MR) is 181 cm³/mol. The van der Waals surface area contributed by atoms with Gasteiger partial charge < -0.3 is 15.5 Å². The van der Waals surface area contributed by atoms with Crippen molar-refractivity contribution in [1.82, 2.24) is 24.4 Å². The number of benzene rings is 2. The zero-order valence-corrected chi connectivity index (χ0v) is 26.9. The van der Waals surface area contributed by atoms with E-state index in [-0.39, 0.29) is 11.5 Å². The van der Waals surface area contributed by atoms with Gasteiger partial charge in [0.2, 0.25) is 0 Å². The van der Waals surface area contributed by atoms with Gasteiger partial charge in [-0.15, -0.1) is 0 Å². The molecule has 0 spiro atoms. The lowest BCUT2D eigenvalue weighted by Crippen LogP contribution is -2.30. The van der Waals surface area contributed by atoms with E-state index < -0.39 is 15.6 Å². The molecule has 2 amide bonds. The molecule has 2 aromatic heterocycles. The fourth-order valence-electron chi connectivity index (χ4n) is 4.61. The molecule has 10 nitrogen and oxygen atoms in total. The van der Waals surface area contributed by atoms with Crippen LogP contribution in [0.4, 0.5) is 11.4 Å². The van der Waals surface area contributed by atoms with Crippen molar-refractivity contribution in [3.63, 3.8) is 0 Å². The molecule has 11 heteroatoms. The molecule has 2 heterocycles. The van der Waals surface area contributed by atoms with E-state index in [1.165, 1.54) is 17.1 Å². The number of pyridine rings is 1. The van der Waals surface area contributed by atoms with E-state index in [0.717, 1.165) is 44.0 Å². The number of nitrogens with one attached hydrogen (secondary N) is 3. The van der Waals surface area contributed by atoms with Crippen molar-refractivity contribution in [2.24, 2.45) is 7.05 Å². The molecule has 1 atom stereocenters. The fraction of sp³-hybridized carbons (Fsp3) is 0.265. The molecular formula is C34H39N7O3S. The third kappa shape index (κ3) is 9.28. The minimum absolute atomic E-state index is 0.206. The van der Waals surface area contributed by atoms with Crippen LogP contribution in [0.15, 0.2) is 78.0 Å². The van der Waals surface area contributed by atoms with Crippen molar-refractivity contribution < 1.29 is 13.8 Å². The zero-order chi connectivity index (χ0) is 32.4. The van der Waals surface area contributed by atoms with E-state index in [9.17, 15) is 13.8 Å². The summed E-state index contributed by atoms with van der Waals surface area (Å²) in [6, 6.07) is 17.5. The van der Waals surface area contributed by atoms with Gasteiger partial charge in [-0.25, -0.2) is 4.21 Å². The van der Waals surface area contributed by atoms with Crippen molar-refractivity contribution in [1.29, 1.82) is 0 Å². The topological polar surface area (TPSA) is 121 Å². The first kappa shape index (κ1) is 33.0. The van der Waals surface area contributed by atoms with Crippen LogP contribution in [0.2, 0.25) is 0 Å². The van der Waals surface area contributed by atoms with E-state index in [0.29, 0.717) is 27.4 Å². The summed E-state index contributed by atoms with van der Waals surface area (Å²) in [6.07, 6.45) is 3.94. The Balaban J connectivity index is 1.36. The highest BCUT2D eigenvalue weighted by molar-refractivity contribution is 7.99. The van der Waals surface area contributed by atoms with E-state index in [1.54, 1.807) is 49.5 Å². The summed E-state index contributed by atoms with van der Waals surface area (Å²) < 4.78 is 17.4. The summed E-state index contributed by atoms with van der Waals surface area (Å²) in [5.74, 6) is 8.98. The number of amides is 2. The second-order valence-corrected chi connectivity index (χ2v) is 12.5. The standard InChI is InChI=1S/C34H39N7O3S/c1-6-41(7-2)19-9-18-36-29-14-16-31(17-15-29)45(5,44)39-33(42)28-21-27(23-35-24-28)13-12-26-10-8-11-30(22-26)37-34(43)32-20-25(3)38-40(32)4/h8,10-11,14-17,20-24,36H,5-7,9,18-19H2,1-4H3,(H,37,43)(H,39,42,44). The van der Waals surface area contributed by atoms with Crippen LogP contribution >= 0.6 is 0 Å². The first-order chi connectivity index (χ1) is 21.6. The Morgan fingerprint density at radius 1 is 0.956 bits per heavy atom. The first-order valence-corrected chi connectivity index (χ1v) is 16.5. The smallest absolute Gasteiger partial charge is 0.273 e. The maximum atomic E-state index is 13.3. The van der Waals surface area contributed by atoms with Gasteiger partial charge in [0.05, 0.1) is 21.0 Å². The molecular weight excluding hydrogens is 586 g/mol. The highest BCUT2D eigenvalue weighted by atomic mass is 32.2. The van der Waals surface area contributed by atoms with Gasteiger partial charge in [0.25, 0.3) is 11.8 Å². The van der Waals surface area contributed by atoms with Crippen molar-refractivity contribution >= 4 is 38.8 Å². The van der Waals surface area contributed by atoms with Gasteiger partial charge in [-0.1, -0.05) is 31.8 Å². The summed E-state index contributed by atoms with van der Waals surface area (Å²) in [5, 5.41) is 10.4. The number of nitrogens with zero attached hydrogens (tertiary/aromatic N) is 4. The average molecular weight is 626 g/mol. The van der Waals surface area contributed by atoms with Gasteiger partial charge in [-0.05, 0) is 93.4 Å². The molecule has 0 fully saturated rings. The monoisotopic (exact) mass is 625 g/mol. The average Bonchev–Trinajstić information content (AvgIpc) is 3.38. The number of hydrogen-bond donors (Lipinski definition) is 3. The normalized spacial score (nSPS) is 12.1. The van der Waals surface area contributed by atoms with Gasteiger partial charge in [-0.2, -0.15) is 5.10 Å². The van der Waals surface area contributed by atoms with Gasteiger partial charge in [0, 0.05) is 53.4 Å². The van der Waals surface area contributed by atoms with Crippen LogP contribution in [0, 0.1) is 18.8 Å². The number of rotatable bonds is 12. The Kier molecular flexibility index (Phi) is 11.1. The number of carbonyl (C=O) groups is 2. The minimum Gasteiger partial charge on any atom is -0.385 e. The van der Waals surface area contributed by atoms with Gasteiger partial charge in [0.15, 0.2) is 0 Å². The van der Waals surface area contributed by atoms with Crippen LogP contribution in [0.25, 0.3) is 0 Å². The van der Waals surface area contributed by atoms with Crippen LogP contribution in [0.1, 0.15) is 57.9 Å². The van der Waals surface area contributed by atoms with Gasteiger partial charge in [-0.3, -0.25) is 24.0 Å². The minimum atomic E-state index is -3.11. The number of anilines is 2. The highest BCUT2D eigenvalue weighted by Crippen LogP contribution is 2.16. The molecule has 1 unspecified atom stereocenters. The molecule has 0 saturated heterocycles. The molecule has 2 aromatic carbocycles. The summed E-state index contributed by atoms with van der Waals surface area (Å²) in [5.41, 5.74) is 4.05.